The van der Waals surface area contributed by atoms with Gasteiger partial charge in [0.15, 0.2) is 0 Å². The summed E-state index contributed by atoms with van der Waals surface area (Å²) in [6.07, 6.45) is 3.59. The van der Waals surface area contributed by atoms with E-state index in [1.165, 1.54) is 0 Å². The fourth-order valence-corrected chi connectivity index (χ4v) is 4.26. The third-order valence-corrected chi connectivity index (χ3v) is 5.70. The summed E-state index contributed by atoms with van der Waals surface area (Å²) in [7, 11) is 0. The predicted molar refractivity (Wildman–Crippen MR) is 110 cm³/mol. The van der Waals surface area contributed by atoms with Crippen LogP contribution in [0.4, 0.5) is 0 Å². The standard InChI is InChI=1S/C20H23N3O4.2CH4/c24-17(22-12-5-8-16(22)20(27)21-10-3-4-11-21)9-13-23-18(25)14-6-1-2-7-15(14)19(23)26;;/h1-2,6-7,16H,3-5,8-13H2;2*1H4/t16-;;/m0../s1. The Hall–Kier alpha value is -2.70. The first-order valence-electron chi connectivity index (χ1n) is 9.61. The molecule has 0 aliphatic carbocycles. The first kappa shape index (κ1) is 22.6. The van der Waals surface area contributed by atoms with E-state index in [4.69, 9.17) is 0 Å². The Kier molecular flexibility index (Phi) is 7.16. The number of hydrogen-bond acceptors (Lipinski definition) is 4. The summed E-state index contributed by atoms with van der Waals surface area (Å²) in [5, 5.41) is 0. The molecule has 0 N–H and O–H groups in total. The van der Waals surface area contributed by atoms with E-state index in [0.29, 0.717) is 24.1 Å². The van der Waals surface area contributed by atoms with Crippen LogP contribution in [0.15, 0.2) is 24.3 Å². The molecule has 0 unspecified atom stereocenters. The maximum Gasteiger partial charge on any atom is 0.261 e. The topological polar surface area (TPSA) is 78.0 Å². The summed E-state index contributed by atoms with van der Waals surface area (Å²) in [6, 6.07) is 6.30. The van der Waals surface area contributed by atoms with Crippen molar-refractivity contribution < 1.29 is 19.2 Å². The summed E-state index contributed by atoms with van der Waals surface area (Å²) < 4.78 is 0. The quantitative estimate of drug-likeness (QED) is 0.727. The van der Waals surface area contributed by atoms with Crippen LogP contribution in [0.1, 0.15) is 67.7 Å². The Bertz CT molecular complexity index is 766. The molecule has 1 aromatic rings. The summed E-state index contributed by atoms with van der Waals surface area (Å²) in [6.45, 7) is 2.15. The van der Waals surface area contributed by atoms with Gasteiger partial charge in [-0.15, -0.1) is 0 Å². The number of nitrogens with zero attached hydrogens (tertiary/aromatic N) is 3. The van der Waals surface area contributed by atoms with Crippen LogP contribution in [0.2, 0.25) is 0 Å². The van der Waals surface area contributed by atoms with E-state index in [0.717, 1.165) is 37.3 Å². The van der Waals surface area contributed by atoms with Crippen molar-refractivity contribution in [1.82, 2.24) is 14.7 Å². The van der Waals surface area contributed by atoms with E-state index in [-0.39, 0.29) is 51.4 Å². The fourth-order valence-electron chi connectivity index (χ4n) is 4.26. The van der Waals surface area contributed by atoms with E-state index in [1.54, 1.807) is 29.2 Å². The van der Waals surface area contributed by atoms with Gasteiger partial charge in [0.1, 0.15) is 6.04 Å². The lowest BCUT2D eigenvalue weighted by Crippen LogP contribution is -2.47. The van der Waals surface area contributed by atoms with Gasteiger partial charge in [-0.25, -0.2) is 0 Å². The molecule has 158 valence electrons. The second-order valence-electron chi connectivity index (χ2n) is 7.34. The van der Waals surface area contributed by atoms with Crippen LogP contribution < -0.4 is 0 Å². The Labute approximate surface area is 172 Å². The number of benzene rings is 1. The number of rotatable bonds is 4. The molecular weight excluding hydrogens is 370 g/mol. The van der Waals surface area contributed by atoms with Crippen LogP contribution in [0.3, 0.4) is 0 Å². The van der Waals surface area contributed by atoms with E-state index in [1.807, 2.05) is 4.90 Å². The van der Waals surface area contributed by atoms with Crippen molar-refractivity contribution in [2.75, 3.05) is 26.2 Å². The smallest absolute Gasteiger partial charge is 0.261 e. The molecule has 3 aliphatic heterocycles. The van der Waals surface area contributed by atoms with Gasteiger partial charge >= 0.3 is 0 Å². The first-order valence-corrected chi connectivity index (χ1v) is 9.61. The molecule has 0 radical (unpaired) electrons. The van der Waals surface area contributed by atoms with Crippen molar-refractivity contribution in [3.8, 4) is 0 Å². The molecular formula is C22H31N3O4. The minimum absolute atomic E-state index is 0. The van der Waals surface area contributed by atoms with Crippen LogP contribution in [0.5, 0.6) is 0 Å². The van der Waals surface area contributed by atoms with Crippen molar-refractivity contribution in [1.29, 1.82) is 0 Å². The zero-order valence-corrected chi connectivity index (χ0v) is 15.2. The van der Waals surface area contributed by atoms with Gasteiger partial charge in [-0.05, 0) is 37.8 Å². The summed E-state index contributed by atoms with van der Waals surface area (Å²) in [5.74, 6) is -0.829. The minimum Gasteiger partial charge on any atom is -0.341 e. The van der Waals surface area contributed by atoms with E-state index >= 15 is 0 Å². The molecule has 29 heavy (non-hydrogen) atoms. The van der Waals surface area contributed by atoms with Crippen molar-refractivity contribution in [3.05, 3.63) is 35.4 Å². The number of fused-ring (bicyclic) bond motifs is 1. The van der Waals surface area contributed by atoms with Crippen LogP contribution in [0, 0.1) is 0 Å². The molecule has 0 spiro atoms. The highest BCUT2D eigenvalue weighted by Crippen LogP contribution is 2.25. The highest BCUT2D eigenvalue weighted by Gasteiger charge is 2.39. The molecule has 0 saturated carbocycles. The normalized spacial score (nSPS) is 20.4. The Balaban J connectivity index is 0.00000150. The first-order chi connectivity index (χ1) is 13.1. The highest BCUT2D eigenvalue weighted by atomic mass is 16.2. The summed E-state index contributed by atoms with van der Waals surface area (Å²) in [4.78, 5) is 54.8. The second-order valence-corrected chi connectivity index (χ2v) is 7.34. The number of amides is 4. The molecule has 3 heterocycles. The van der Waals surface area contributed by atoms with Crippen molar-refractivity contribution in [3.63, 3.8) is 0 Å². The van der Waals surface area contributed by atoms with Crippen molar-refractivity contribution in [2.45, 2.75) is 53.0 Å². The van der Waals surface area contributed by atoms with Crippen LogP contribution in [-0.4, -0.2) is 70.5 Å². The van der Waals surface area contributed by atoms with E-state index < -0.39 is 6.04 Å². The molecule has 3 aliphatic rings. The molecule has 7 nitrogen and oxygen atoms in total. The van der Waals surface area contributed by atoms with Crippen molar-refractivity contribution >= 4 is 23.6 Å². The largest absolute Gasteiger partial charge is 0.341 e. The maximum atomic E-state index is 12.7. The minimum atomic E-state index is -0.391. The monoisotopic (exact) mass is 401 g/mol. The van der Waals surface area contributed by atoms with Crippen LogP contribution in [0.25, 0.3) is 0 Å². The average Bonchev–Trinajstić information content (AvgIpc) is 3.42. The van der Waals surface area contributed by atoms with Crippen molar-refractivity contribution in [2.24, 2.45) is 0 Å². The summed E-state index contributed by atoms with van der Waals surface area (Å²) >= 11 is 0. The second kappa shape index (κ2) is 9.20. The van der Waals surface area contributed by atoms with Gasteiger partial charge in [-0.3, -0.25) is 24.1 Å². The molecule has 7 heteroatoms. The van der Waals surface area contributed by atoms with Gasteiger partial charge in [-0.2, -0.15) is 0 Å². The lowest BCUT2D eigenvalue weighted by atomic mass is 10.1. The molecule has 0 bridgehead atoms. The average molecular weight is 402 g/mol. The molecule has 4 amide bonds. The number of imide groups is 1. The number of carbonyl (C=O) groups excluding carboxylic acids is 4. The fraction of sp³-hybridized carbons (Fsp3) is 0.545. The molecule has 1 aromatic carbocycles. The van der Waals surface area contributed by atoms with E-state index in [9.17, 15) is 19.2 Å². The molecule has 2 fully saturated rings. The molecule has 1 atom stereocenters. The van der Waals surface area contributed by atoms with Gasteiger partial charge in [0.25, 0.3) is 11.8 Å². The SMILES string of the molecule is C.C.O=C([C@@H]1CCCN1C(=O)CCN1C(=O)c2ccccc2C1=O)N1CCCC1. The lowest BCUT2D eigenvalue weighted by molar-refractivity contribution is -0.143. The van der Waals surface area contributed by atoms with Gasteiger partial charge < -0.3 is 9.80 Å². The third kappa shape index (κ3) is 4.04. The number of likely N-dealkylation sites (tertiary alicyclic amines) is 2. The van der Waals surface area contributed by atoms with Gasteiger partial charge in [-0.1, -0.05) is 27.0 Å². The highest BCUT2D eigenvalue weighted by molar-refractivity contribution is 6.21. The zero-order valence-electron chi connectivity index (χ0n) is 15.2. The zero-order chi connectivity index (χ0) is 19.0. The van der Waals surface area contributed by atoms with Crippen LogP contribution >= 0.6 is 0 Å². The third-order valence-electron chi connectivity index (χ3n) is 5.70. The van der Waals surface area contributed by atoms with E-state index in [2.05, 4.69) is 0 Å². The summed E-state index contributed by atoms with van der Waals surface area (Å²) in [5.41, 5.74) is 0.774. The van der Waals surface area contributed by atoms with Gasteiger partial charge in [0.05, 0.1) is 11.1 Å². The number of hydrogen-bond donors (Lipinski definition) is 0. The predicted octanol–water partition coefficient (Wildman–Crippen LogP) is 2.56. The Morgan fingerprint density at radius 2 is 1.48 bits per heavy atom. The van der Waals surface area contributed by atoms with Crippen LogP contribution in [-0.2, 0) is 9.59 Å². The molecule has 4 rings (SSSR count). The lowest BCUT2D eigenvalue weighted by Gasteiger charge is -2.28. The Morgan fingerprint density at radius 1 is 0.897 bits per heavy atom. The van der Waals surface area contributed by atoms with Gasteiger partial charge in [0, 0.05) is 32.6 Å². The maximum absolute atomic E-state index is 12.7. The molecule has 0 aromatic heterocycles. The Morgan fingerprint density at radius 3 is 2.07 bits per heavy atom. The van der Waals surface area contributed by atoms with Gasteiger partial charge in [0.2, 0.25) is 11.8 Å². The molecule has 2 saturated heterocycles. The number of carbonyl (C=O) groups is 4.